The molecule has 1 amide bonds. The molecule has 8 heteroatoms. The molecule has 1 saturated heterocycles. The Kier molecular flexibility index (Phi) is 5.91. The van der Waals surface area contributed by atoms with Gasteiger partial charge in [0.2, 0.25) is 5.91 Å². The number of rotatable bonds is 5. The fourth-order valence-electron chi connectivity index (χ4n) is 5.24. The van der Waals surface area contributed by atoms with Crippen molar-refractivity contribution in [1.29, 1.82) is 0 Å². The Morgan fingerprint density at radius 2 is 1.73 bits per heavy atom. The second kappa shape index (κ2) is 9.00. The summed E-state index contributed by atoms with van der Waals surface area (Å²) < 4.78 is 7.24. The van der Waals surface area contributed by atoms with Crippen LogP contribution in [0.25, 0.3) is 16.6 Å². The molecule has 3 heterocycles. The number of aromatic nitrogens is 4. The Labute approximate surface area is 194 Å². The van der Waals surface area contributed by atoms with Crippen LogP contribution in [0.1, 0.15) is 49.9 Å². The summed E-state index contributed by atoms with van der Waals surface area (Å²) in [7, 11) is 1.66. The van der Waals surface area contributed by atoms with Crippen LogP contribution in [-0.2, 0) is 4.79 Å². The van der Waals surface area contributed by atoms with Crippen molar-refractivity contribution in [3.63, 3.8) is 0 Å². The molecule has 33 heavy (non-hydrogen) atoms. The number of aryl methyl sites for hydroxylation is 2. The average molecular weight is 449 g/mol. The van der Waals surface area contributed by atoms with Gasteiger partial charge in [-0.2, -0.15) is 10.2 Å². The first kappa shape index (κ1) is 21.7. The fourth-order valence-corrected chi connectivity index (χ4v) is 5.24. The largest absolute Gasteiger partial charge is 0.497 e. The van der Waals surface area contributed by atoms with E-state index in [9.17, 15) is 4.79 Å². The molecule has 0 radical (unpaired) electrons. The number of methoxy groups -OCH3 is 1. The quantitative estimate of drug-likeness (QED) is 0.640. The molecular formula is C25H32N6O2. The Hall–Kier alpha value is -3.16. The first-order valence-corrected chi connectivity index (χ1v) is 12.0. The van der Waals surface area contributed by atoms with Gasteiger partial charge in [0.15, 0.2) is 5.82 Å². The lowest BCUT2D eigenvalue weighted by molar-refractivity contribution is -0.126. The number of fused-ring (bicyclic) bond motifs is 1. The van der Waals surface area contributed by atoms with Crippen molar-refractivity contribution < 1.29 is 9.53 Å². The van der Waals surface area contributed by atoms with Gasteiger partial charge in [0.05, 0.1) is 29.6 Å². The highest BCUT2D eigenvalue weighted by atomic mass is 16.5. The molecule has 1 aliphatic carbocycles. The normalized spacial score (nSPS) is 17.6. The van der Waals surface area contributed by atoms with Crippen molar-refractivity contribution in [2.75, 3.05) is 25.1 Å². The second-order valence-electron chi connectivity index (χ2n) is 9.28. The van der Waals surface area contributed by atoms with E-state index in [4.69, 9.17) is 9.84 Å². The van der Waals surface area contributed by atoms with Crippen LogP contribution in [0.4, 0.5) is 5.82 Å². The monoisotopic (exact) mass is 448 g/mol. The topological polar surface area (TPSA) is 85.2 Å². The minimum absolute atomic E-state index is 0.0781. The summed E-state index contributed by atoms with van der Waals surface area (Å²) in [5.74, 6) is 1.92. The van der Waals surface area contributed by atoms with E-state index in [0.717, 1.165) is 78.3 Å². The molecule has 0 unspecified atom stereocenters. The molecule has 1 saturated carbocycles. The highest BCUT2D eigenvalue weighted by molar-refractivity contribution is 5.92. The smallest absolute Gasteiger partial charge is 0.223 e. The molecule has 1 aliphatic heterocycles. The van der Waals surface area contributed by atoms with Gasteiger partial charge in [-0.15, -0.1) is 5.10 Å². The Morgan fingerprint density at radius 3 is 2.39 bits per heavy atom. The van der Waals surface area contributed by atoms with Crippen molar-refractivity contribution in [3.8, 4) is 11.4 Å². The van der Waals surface area contributed by atoms with E-state index in [-0.39, 0.29) is 11.8 Å². The van der Waals surface area contributed by atoms with E-state index in [0.29, 0.717) is 6.04 Å². The first-order valence-electron chi connectivity index (χ1n) is 12.0. The predicted octanol–water partition coefficient (Wildman–Crippen LogP) is 3.72. The molecule has 8 nitrogen and oxygen atoms in total. The average Bonchev–Trinajstić information content (AvgIpc) is 3.48. The van der Waals surface area contributed by atoms with Crippen LogP contribution in [0.3, 0.4) is 0 Å². The maximum atomic E-state index is 12.7. The third kappa shape index (κ3) is 4.14. The fraction of sp³-hybridized carbons (Fsp3) is 0.520. The van der Waals surface area contributed by atoms with Crippen molar-refractivity contribution in [2.45, 2.75) is 58.4 Å². The number of hydrogen-bond donors (Lipinski definition) is 1. The van der Waals surface area contributed by atoms with Crippen LogP contribution >= 0.6 is 0 Å². The van der Waals surface area contributed by atoms with Crippen molar-refractivity contribution in [2.24, 2.45) is 5.92 Å². The molecule has 3 aromatic rings. The lowest BCUT2D eigenvalue weighted by atomic mass is 9.95. The zero-order valence-electron chi connectivity index (χ0n) is 19.7. The zero-order chi connectivity index (χ0) is 22.9. The van der Waals surface area contributed by atoms with Gasteiger partial charge in [-0.05, 0) is 63.8 Å². The lowest BCUT2D eigenvalue weighted by Gasteiger charge is -2.32. The summed E-state index contributed by atoms with van der Waals surface area (Å²) >= 11 is 0. The zero-order valence-corrected chi connectivity index (χ0v) is 19.7. The molecule has 1 aromatic carbocycles. The van der Waals surface area contributed by atoms with Gasteiger partial charge in [0.25, 0.3) is 0 Å². The molecule has 0 bridgehead atoms. The van der Waals surface area contributed by atoms with Gasteiger partial charge in [0.1, 0.15) is 11.3 Å². The molecule has 0 atom stereocenters. The maximum absolute atomic E-state index is 12.7. The van der Waals surface area contributed by atoms with Gasteiger partial charge in [-0.25, -0.2) is 4.68 Å². The summed E-state index contributed by atoms with van der Waals surface area (Å²) in [6, 6.07) is 8.26. The molecule has 1 N–H and O–H groups in total. The number of nitrogens with one attached hydrogen (secondary N) is 1. The second-order valence-corrected chi connectivity index (χ2v) is 9.28. The predicted molar refractivity (Wildman–Crippen MR) is 128 cm³/mol. The van der Waals surface area contributed by atoms with E-state index in [1.807, 2.05) is 35.9 Å². The number of ether oxygens (including phenoxy) is 1. The number of piperidine rings is 1. The molecule has 2 aliphatic rings. The summed E-state index contributed by atoms with van der Waals surface area (Å²) in [4.78, 5) is 15.0. The van der Waals surface area contributed by atoms with Crippen molar-refractivity contribution in [1.82, 2.24) is 25.3 Å². The molecule has 2 fully saturated rings. The SMILES string of the molecule is COc1ccc(-n2nc3c(N4CCC(C(=O)NC5CCCC5)CC4)nnc(C)c3c2C)cc1. The highest BCUT2D eigenvalue weighted by Crippen LogP contribution is 2.32. The lowest BCUT2D eigenvalue weighted by Crippen LogP contribution is -2.43. The van der Waals surface area contributed by atoms with Gasteiger partial charge < -0.3 is 15.0 Å². The van der Waals surface area contributed by atoms with E-state index in [2.05, 4.69) is 27.3 Å². The molecule has 174 valence electrons. The number of benzene rings is 1. The number of carbonyl (C=O) groups excluding carboxylic acids is 1. The Morgan fingerprint density at radius 1 is 1.03 bits per heavy atom. The van der Waals surface area contributed by atoms with Crippen LogP contribution in [0.15, 0.2) is 24.3 Å². The number of amides is 1. The number of hydrogen-bond acceptors (Lipinski definition) is 6. The maximum Gasteiger partial charge on any atom is 0.223 e. The third-order valence-corrected chi connectivity index (χ3v) is 7.17. The first-order chi connectivity index (χ1) is 16.0. The summed E-state index contributed by atoms with van der Waals surface area (Å²) in [5.41, 5.74) is 3.74. The van der Waals surface area contributed by atoms with Gasteiger partial charge >= 0.3 is 0 Å². The van der Waals surface area contributed by atoms with Gasteiger partial charge in [-0.1, -0.05) is 12.8 Å². The number of carbonyl (C=O) groups is 1. The van der Waals surface area contributed by atoms with Crippen molar-refractivity contribution >= 4 is 22.6 Å². The summed E-state index contributed by atoms with van der Waals surface area (Å²) in [6.45, 7) is 5.61. The molecule has 0 spiro atoms. The van der Waals surface area contributed by atoms with Crippen LogP contribution in [-0.4, -0.2) is 52.1 Å². The van der Waals surface area contributed by atoms with Gasteiger partial charge in [-0.3, -0.25) is 4.79 Å². The molecular weight excluding hydrogens is 416 g/mol. The van der Waals surface area contributed by atoms with E-state index < -0.39 is 0 Å². The number of anilines is 1. The van der Waals surface area contributed by atoms with E-state index in [1.165, 1.54) is 12.8 Å². The van der Waals surface area contributed by atoms with Crippen molar-refractivity contribution in [3.05, 3.63) is 35.7 Å². The van der Waals surface area contributed by atoms with Crippen LogP contribution in [0.5, 0.6) is 5.75 Å². The standard InChI is InChI=1S/C25H32N6O2/c1-16-22-17(2)31(20-8-10-21(33-3)11-9-20)29-23(22)24(28-27-16)30-14-12-18(13-15-30)25(32)26-19-6-4-5-7-19/h8-11,18-19H,4-7,12-15H2,1-3H3,(H,26,32). The highest BCUT2D eigenvalue weighted by Gasteiger charge is 2.29. The number of nitrogens with zero attached hydrogens (tertiary/aromatic N) is 5. The van der Waals surface area contributed by atoms with Gasteiger partial charge in [0, 0.05) is 25.0 Å². The third-order valence-electron chi connectivity index (χ3n) is 7.17. The van der Waals surface area contributed by atoms with E-state index >= 15 is 0 Å². The van der Waals surface area contributed by atoms with Crippen LogP contribution < -0.4 is 15.0 Å². The summed E-state index contributed by atoms with van der Waals surface area (Å²) in [6.07, 6.45) is 6.36. The van der Waals surface area contributed by atoms with Crippen LogP contribution in [0.2, 0.25) is 0 Å². The van der Waals surface area contributed by atoms with Crippen LogP contribution in [0, 0.1) is 19.8 Å². The molecule has 5 rings (SSSR count). The van der Waals surface area contributed by atoms with E-state index in [1.54, 1.807) is 7.11 Å². The minimum atomic E-state index is 0.0781. The molecule has 2 aromatic heterocycles. The Balaban J connectivity index is 1.37. The summed E-state index contributed by atoms with van der Waals surface area (Å²) in [5, 5.41) is 18.2. The Bertz CT molecular complexity index is 1140. The minimum Gasteiger partial charge on any atom is -0.497 e.